The molecule has 1 aromatic heterocycles. The zero-order chi connectivity index (χ0) is 24.3. The lowest BCUT2D eigenvalue weighted by Gasteiger charge is -2.32. The fourth-order valence-electron chi connectivity index (χ4n) is 2.96. The minimum absolute atomic E-state index is 0.0343. The third-order valence-corrected chi connectivity index (χ3v) is 5.24. The minimum atomic E-state index is -0.916. The molecule has 1 aromatic rings. The second-order valence-electron chi connectivity index (χ2n) is 10.4. The molecule has 0 unspecified atom stereocenters. The van der Waals surface area contributed by atoms with Gasteiger partial charge in [0.15, 0.2) is 5.75 Å². The monoisotopic (exact) mass is 449 g/mol. The molecule has 0 amide bonds. The number of ether oxygens (including phenoxy) is 3. The second-order valence-corrected chi connectivity index (χ2v) is 10.4. The third-order valence-electron chi connectivity index (χ3n) is 5.24. The molecule has 0 aromatic carbocycles. The van der Waals surface area contributed by atoms with Crippen molar-refractivity contribution in [3.63, 3.8) is 0 Å². The lowest BCUT2D eigenvalue weighted by atomic mass is 9.82. The molecule has 0 bridgehead atoms. The summed E-state index contributed by atoms with van der Waals surface area (Å²) in [6.45, 7) is 17.2. The van der Waals surface area contributed by atoms with Crippen molar-refractivity contribution in [1.29, 1.82) is 0 Å². The molecule has 8 nitrogen and oxygen atoms in total. The van der Waals surface area contributed by atoms with Crippen LogP contribution in [0.5, 0.6) is 5.75 Å². The SMILES string of the molecule is CC(C)COC(=O)c1ccnc(CCB2OC(C)(C)C(C)(C)O2)c1OC(=O)OC(C)(C)C. The molecular weight excluding hydrogens is 413 g/mol. The highest BCUT2D eigenvalue weighted by Crippen LogP contribution is 2.38. The largest absolute Gasteiger partial charge is 0.514 e. The maximum atomic E-state index is 12.7. The normalized spacial score (nSPS) is 17.4. The third kappa shape index (κ3) is 6.94. The Bertz CT molecular complexity index is 814. The molecule has 1 aliphatic heterocycles. The van der Waals surface area contributed by atoms with Crippen LogP contribution in [-0.2, 0) is 25.2 Å². The van der Waals surface area contributed by atoms with Gasteiger partial charge in [0.1, 0.15) is 11.2 Å². The van der Waals surface area contributed by atoms with Gasteiger partial charge in [-0.1, -0.05) is 13.8 Å². The number of hydrogen-bond donors (Lipinski definition) is 0. The van der Waals surface area contributed by atoms with E-state index >= 15 is 0 Å². The smallest absolute Gasteiger partial charge is 0.462 e. The van der Waals surface area contributed by atoms with Gasteiger partial charge in [0, 0.05) is 6.20 Å². The van der Waals surface area contributed by atoms with E-state index < -0.39 is 36.0 Å². The Morgan fingerprint density at radius 3 is 2.25 bits per heavy atom. The van der Waals surface area contributed by atoms with Crippen molar-refractivity contribution in [2.75, 3.05) is 6.61 Å². The average molecular weight is 449 g/mol. The van der Waals surface area contributed by atoms with Crippen LogP contribution in [0.15, 0.2) is 12.3 Å². The highest BCUT2D eigenvalue weighted by atomic mass is 16.7. The fraction of sp³-hybridized carbons (Fsp3) is 0.696. The molecule has 2 heterocycles. The second kappa shape index (κ2) is 9.79. The van der Waals surface area contributed by atoms with Crippen LogP contribution in [0.2, 0.25) is 6.32 Å². The maximum Gasteiger partial charge on any atom is 0.514 e. The highest BCUT2D eigenvalue weighted by Gasteiger charge is 2.50. The number of carbonyl (C=O) groups excluding carboxylic acids is 2. The predicted molar refractivity (Wildman–Crippen MR) is 121 cm³/mol. The zero-order valence-electron chi connectivity index (χ0n) is 20.7. The van der Waals surface area contributed by atoms with Crippen LogP contribution in [0.1, 0.15) is 78.4 Å². The van der Waals surface area contributed by atoms with Crippen LogP contribution in [0, 0.1) is 5.92 Å². The Hall–Kier alpha value is -2.13. The van der Waals surface area contributed by atoms with E-state index in [2.05, 4.69) is 4.98 Å². The standard InChI is InChI=1S/C23H36BNO7/c1-15(2)14-28-19(26)16-11-13-25-17(18(16)29-20(27)30-21(3,4)5)10-12-24-31-22(6,7)23(8,9)32-24/h11,13,15H,10,12,14H2,1-9H3. The summed E-state index contributed by atoms with van der Waals surface area (Å²) in [7, 11) is -0.451. The van der Waals surface area contributed by atoms with Gasteiger partial charge in [-0.3, -0.25) is 4.98 Å². The van der Waals surface area contributed by atoms with Gasteiger partial charge in [0.25, 0.3) is 0 Å². The van der Waals surface area contributed by atoms with Crippen molar-refractivity contribution in [1.82, 2.24) is 4.98 Å². The summed E-state index contributed by atoms with van der Waals surface area (Å²) in [4.78, 5) is 29.4. The van der Waals surface area contributed by atoms with E-state index in [1.54, 1.807) is 20.8 Å². The summed E-state index contributed by atoms with van der Waals surface area (Å²) in [5.41, 5.74) is -1.12. The van der Waals surface area contributed by atoms with Gasteiger partial charge in [0.2, 0.25) is 0 Å². The van der Waals surface area contributed by atoms with Gasteiger partial charge >= 0.3 is 19.2 Å². The molecule has 178 valence electrons. The first-order valence-corrected chi connectivity index (χ1v) is 11.0. The van der Waals surface area contributed by atoms with Crippen LogP contribution in [0.4, 0.5) is 4.79 Å². The Morgan fingerprint density at radius 1 is 1.12 bits per heavy atom. The van der Waals surface area contributed by atoms with Crippen molar-refractivity contribution in [3.8, 4) is 5.75 Å². The Balaban J connectivity index is 2.25. The molecule has 0 spiro atoms. The molecule has 0 saturated carbocycles. The molecule has 0 radical (unpaired) electrons. The summed E-state index contributed by atoms with van der Waals surface area (Å²) in [5.74, 6) is -0.387. The molecule has 1 saturated heterocycles. The molecule has 0 atom stereocenters. The Kier molecular flexibility index (Phi) is 7.99. The lowest BCUT2D eigenvalue weighted by molar-refractivity contribution is 0.00578. The van der Waals surface area contributed by atoms with E-state index in [-0.39, 0.29) is 23.8 Å². The highest BCUT2D eigenvalue weighted by molar-refractivity contribution is 6.45. The minimum Gasteiger partial charge on any atom is -0.462 e. The number of esters is 1. The quantitative estimate of drug-likeness (QED) is 0.431. The van der Waals surface area contributed by atoms with E-state index in [0.717, 1.165) is 0 Å². The van der Waals surface area contributed by atoms with Gasteiger partial charge in [-0.2, -0.15) is 0 Å². The van der Waals surface area contributed by atoms with Gasteiger partial charge in [-0.15, -0.1) is 0 Å². The van der Waals surface area contributed by atoms with E-state index in [1.165, 1.54) is 12.3 Å². The van der Waals surface area contributed by atoms with E-state index in [4.69, 9.17) is 23.5 Å². The van der Waals surface area contributed by atoms with E-state index in [0.29, 0.717) is 18.4 Å². The molecule has 32 heavy (non-hydrogen) atoms. The van der Waals surface area contributed by atoms with Gasteiger partial charge < -0.3 is 23.5 Å². The summed E-state index contributed by atoms with van der Waals surface area (Å²) >= 11 is 0. The number of aromatic nitrogens is 1. The van der Waals surface area contributed by atoms with Crippen LogP contribution in [0.3, 0.4) is 0 Å². The van der Waals surface area contributed by atoms with Crippen molar-refractivity contribution in [2.24, 2.45) is 5.92 Å². The zero-order valence-corrected chi connectivity index (χ0v) is 20.7. The predicted octanol–water partition coefficient (Wildman–Crippen LogP) is 4.84. The maximum absolute atomic E-state index is 12.7. The molecule has 1 aliphatic rings. The number of rotatable bonds is 7. The number of nitrogens with zero attached hydrogens (tertiary/aromatic N) is 1. The van der Waals surface area contributed by atoms with Crippen LogP contribution in [0.25, 0.3) is 0 Å². The fourth-order valence-corrected chi connectivity index (χ4v) is 2.96. The molecule has 1 fully saturated rings. The van der Waals surface area contributed by atoms with Crippen LogP contribution in [-0.4, -0.2) is 47.6 Å². The Labute approximate surface area is 191 Å². The van der Waals surface area contributed by atoms with Crippen LogP contribution < -0.4 is 4.74 Å². The van der Waals surface area contributed by atoms with Crippen LogP contribution >= 0.6 is 0 Å². The molecule has 0 N–H and O–H groups in total. The molecule has 2 rings (SSSR count). The summed E-state index contributed by atoms with van der Waals surface area (Å²) in [5, 5.41) is 0. The summed E-state index contributed by atoms with van der Waals surface area (Å²) in [6.07, 6.45) is 1.41. The first-order valence-electron chi connectivity index (χ1n) is 11.0. The molecule has 0 aliphatic carbocycles. The molecular formula is C23H36BNO7. The van der Waals surface area contributed by atoms with Crippen molar-refractivity contribution in [2.45, 2.75) is 91.9 Å². The number of hydrogen-bond acceptors (Lipinski definition) is 8. The van der Waals surface area contributed by atoms with E-state index in [9.17, 15) is 9.59 Å². The average Bonchev–Trinajstić information content (AvgIpc) is 2.83. The molecule has 9 heteroatoms. The summed E-state index contributed by atoms with van der Waals surface area (Å²) < 4.78 is 28.2. The van der Waals surface area contributed by atoms with Gasteiger partial charge in [-0.25, -0.2) is 9.59 Å². The van der Waals surface area contributed by atoms with Gasteiger partial charge in [0.05, 0.1) is 23.5 Å². The lowest BCUT2D eigenvalue weighted by Crippen LogP contribution is -2.41. The van der Waals surface area contributed by atoms with Crippen molar-refractivity contribution >= 4 is 19.2 Å². The number of carbonyl (C=O) groups is 2. The summed E-state index contributed by atoms with van der Waals surface area (Å²) in [6, 6.07) is 1.47. The topological polar surface area (TPSA) is 93.2 Å². The number of pyridine rings is 1. The Morgan fingerprint density at radius 2 is 1.72 bits per heavy atom. The van der Waals surface area contributed by atoms with Crippen molar-refractivity contribution in [3.05, 3.63) is 23.5 Å². The van der Waals surface area contributed by atoms with Crippen molar-refractivity contribution < 1.29 is 33.1 Å². The first kappa shape index (κ1) is 26.1. The first-order chi connectivity index (χ1) is 14.6. The van der Waals surface area contributed by atoms with Gasteiger partial charge in [-0.05, 0) is 73.2 Å². The van der Waals surface area contributed by atoms with E-state index in [1.807, 2.05) is 41.5 Å². The number of aryl methyl sites for hydroxylation is 1.